The van der Waals surface area contributed by atoms with Crippen molar-refractivity contribution in [3.05, 3.63) is 51.9 Å². The van der Waals surface area contributed by atoms with Crippen molar-refractivity contribution in [1.29, 1.82) is 0 Å². The van der Waals surface area contributed by atoms with Crippen molar-refractivity contribution >= 4 is 28.2 Å². The lowest BCUT2D eigenvalue weighted by molar-refractivity contribution is 0.0698. The number of aromatic nitrogens is 1. The molecule has 0 saturated carbocycles. The summed E-state index contributed by atoms with van der Waals surface area (Å²) in [5.74, 6) is -0.899. The third-order valence-corrected chi connectivity index (χ3v) is 5.08. The van der Waals surface area contributed by atoms with Crippen LogP contribution in [0.3, 0.4) is 0 Å². The Morgan fingerprint density at radius 3 is 2.64 bits per heavy atom. The Labute approximate surface area is 133 Å². The summed E-state index contributed by atoms with van der Waals surface area (Å²) in [5, 5.41) is 10.4. The van der Waals surface area contributed by atoms with E-state index in [0.717, 1.165) is 33.6 Å². The standard InChI is InChI=1S/C18H17NO2S/c1-4-12-6-8-15(22-12)17-11(3)16(18(20)21)13-9-10(2)5-7-14(13)19-17/h5-9H,4H2,1-3H3,(H,20,21). The smallest absolute Gasteiger partial charge is 0.336 e. The van der Waals surface area contributed by atoms with Crippen LogP contribution in [-0.2, 0) is 6.42 Å². The summed E-state index contributed by atoms with van der Waals surface area (Å²) in [6, 6.07) is 9.88. The van der Waals surface area contributed by atoms with Gasteiger partial charge in [-0.1, -0.05) is 18.6 Å². The van der Waals surface area contributed by atoms with Gasteiger partial charge < -0.3 is 5.11 Å². The molecule has 0 amide bonds. The van der Waals surface area contributed by atoms with Crippen LogP contribution in [0.25, 0.3) is 21.5 Å². The highest BCUT2D eigenvalue weighted by atomic mass is 32.1. The summed E-state index contributed by atoms with van der Waals surface area (Å²) in [6.07, 6.45) is 0.974. The van der Waals surface area contributed by atoms with Gasteiger partial charge >= 0.3 is 5.97 Å². The van der Waals surface area contributed by atoms with Crippen molar-refractivity contribution < 1.29 is 9.90 Å². The van der Waals surface area contributed by atoms with Crippen molar-refractivity contribution in [2.24, 2.45) is 0 Å². The quantitative estimate of drug-likeness (QED) is 0.753. The van der Waals surface area contributed by atoms with Gasteiger partial charge in [0.1, 0.15) is 0 Å². The Morgan fingerprint density at radius 2 is 2.00 bits per heavy atom. The molecule has 2 aromatic heterocycles. The number of thiophene rings is 1. The van der Waals surface area contributed by atoms with Crippen molar-refractivity contribution in [3.8, 4) is 10.6 Å². The Morgan fingerprint density at radius 1 is 1.23 bits per heavy atom. The number of aromatic carboxylic acids is 1. The zero-order valence-corrected chi connectivity index (χ0v) is 13.6. The van der Waals surface area contributed by atoms with Crippen LogP contribution < -0.4 is 0 Å². The minimum atomic E-state index is -0.899. The molecule has 0 aliphatic heterocycles. The summed E-state index contributed by atoms with van der Waals surface area (Å²) >= 11 is 1.68. The first-order chi connectivity index (χ1) is 10.5. The number of fused-ring (bicyclic) bond motifs is 1. The molecular weight excluding hydrogens is 294 g/mol. The minimum absolute atomic E-state index is 0.357. The Balaban J connectivity index is 2.34. The summed E-state index contributed by atoms with van der Waals surface area (Å²) < 4.78 is 0. The molecule has 0 aliphatic rings. The summed E-state index contributed by atoms with van der Waals surface area (Å²) in [6.45, 7) is 5.92. The number of hydrogen-bond donors (Lipinski definition) is 1. The van der Waals surface area contributed by atoms with Gasteiger partial charge in [0.15, 0.2) is 0 Å². The van der Waals surface area contributed by atoms with Gasteiger partial charge in [0.05, 0.1) is 21.7 Å². The van der Waals surface area contributed by atoms with Gasteiger partial charge in [0, 0.05) is 10.3 Å². The van der Waals surface area contributed by atoms with Gasteiger partial charge in [-0.25, -0.2) is 9.78 Å². The SMILES string of the molecule is CCc1ccc(-c2nc3ccc(C)cc3c(C(=O)O)c2C)s1. The van der Waals surface area contributed by atoms with Crippen molar-refractivity contribution in [2.75, 3.05) is 0 Å². The Kier molecular flexibility index (Phi) is 3.71. The number of carbonyl (C=O) groups is 1. The van der Waals surface area contributed by atoms with Crippen LogP contribution in [0.2, 0.25) is 0 Å². The van der Waals surface area contributed by atoms with E-state index in [4.69, 9.17) is 4.98 Å². The molecule has 1 N–H and O–H groups in total. The van der Waals surface area contributed by atoms with Gasteiger partial charge in [-0.2, -0.15) is 0 Å². The number of hydrogen-bond acceptors (Lipinski definition) is 3. The molecule has 3 aromatic rings. The molecular formula is C18H17NO2S. The Hall–Kier alpha value is -2.20. The Bertz CT molecular complexity index is 880. The van der Waals surface area contributed by atoms with Crippen molar-refractivity contribution in [3.63, 3.8) is 0 Å². The van der Waals surface area contributed by atoms with Crippen LogP contribution in [-0.4, -0.2) is 16.1 Å². The first-order valence-electron chi connectivity index (χ1n) is 7.24. The number of benzene rings is 1. The van der Waals surface area contributed by atoms with E-state index >= 15 is 0 Å². The third kappa shape index (κ3) is 2.40. The van der Waals surface area contributed by atoms with Gasteiger partial charge in [0.25, 0.3) is 0 Å². The van der Waals surface area contributed by atoms with E-state index in [0.29, 0.717) is 10.9 Å². The molecule has 0 unspecified atom stereocenters. The molecule has 0 bridgehead atoms. The maximum atomic E-state index is 11.8. The van der Waals surface area contributed by atoms with Crippen LogP contribution in [0, 0.1) is 13.8 Å². The van der Waals surface area contributed by atoms with Crippen LogP contribution >= 0.6 is 11.3 Å². The maximum Gasteiger partial charge on any atom is 0.336 e. The highest BCUT2D eigenvalue weighted by molar-refractivity contribution is 7.15. The molecule has 0 saturated heterocycles. The van der Waals surface area contributed by atoms with Crippen molar-refractivity contribution in [1.82, 2.24) is 4.98 Å². The largest absolute Gasteiger partial charge is 0.478 e. The van der Waals surface area contributed by atoms with Crippen LogP contribution in [0.15, 0.2) is 30.3 Å². The molecule has 22 heavy (non-hydrogen) atoms. The molecule has 0 aliphatic carbocycles. The normalized spacial score (nSPS) is 11.0. The van der Waals surface area contributed by atoms with Gasteiger partial charge in [-0.05, 0) is 50.1 Å². The van der Waals surface area contributed by atoms with E-state index in [1.165, 1.54) is 4.88 Å². The summed E-state index contributed by atoms with van der Waals surface area (Å²) in [7, 11) is 0. The molecule has 0 radical (unpaired) electrons. The predicted octanol–water partition coefficient (Wildman–Crippen LogP) is 4.84. The van der Waals surface area contributed by atoms with Crippen LogP contribution in [0.5, 0.6) is 0 Å². The number of carboxylic acid groups (broad SMARTS) is 1. The predicted molar refractivity (Wildman–Crippen MR) is 90.9 cm³/mol. The van der Waals surface area contributed by atoms with E-state index in [1.807, 2.05) is 38.1 Å². The second kappa shape index (κ2) is 5.54. The van der Waals surface area contributed by atoms with Crippen LogP contribution in [0.1, 0.15) is 33.3 Å². The fourth-order valence-corrected chi connectivity index (χ4v) is 3.68. The molecule has 1 aromatic carbocycles. The van der Waals surface area contributed by atoms with Gasteiger partial charge in [-0.3, -0.25) is 0 Å². The van der Waals surface area contributed by atoms with E-state index in [2.05, 4.69) is 13.0 Å². The second-order valence-corrected chi connectivity index (χ2v) is 6.57. The molecule has 0 atom stereocenters. The van der Waals surface area contributed by atoms with Gasteiger partial charge in [-0.15, -0.1) is 11.3 Å². The van der Waals surface area contributed by atoms with E-state index in [9.17, 15) is 9.90 Å². The first kappa shape index (κ1) is 14.7. The zero-order valence-electron chi connectivity index (χ0n) is 12.8. The monoisotopic (exact) mass is 311 g/mol. The second-order valence-electron chi connectivity index (χ2n) is 5.41. The number of aryl methyl sites for hydroxylation is 2. The third-order valence-electron chi connectivity index (χ3n) is 3.84. The highest BCUT2D eigenvalue weighted by Crippen LogP contribution is 2.34. The van der Waals surface area contributed by atoms with E-state index < -0.39 is 5.97 Å². The summed E-state index contributed by atoms with van der Waals surface area (Å²) in [4.78, 5) is 18.8. The maximum absolute atomic E-state index is 11.8. The van der Waals surface area contributed by atoms with Crippen LogP contribution in [0.4, 0.5) is 0 Å². The number of rotatable bonds is 3. The fourth-order valence-electron chi connectivity index (χ4n) is 2.68. The molecule has 4 heteroatoms. The molecule has 0 fully saturated rings. The molecule has 3 rings (SSSR count). The zero-order chi connectivity index (χ0) is 15.9. The van der Waals surface area contributed by atoms with E-state index in [-0.39, 0.29) is 0 Å². The fraction of sp³-hybridized carbons (Fsp3) is 0.222. The summed E-state index contributed by atoms with van der Waals surface area (Å²) in [5.41, 5.74) is 3.63. The first-order valence-corrected chi connectivity index (χ1v) is 8.06. The topological polar surface area (TPSA) is 50.2 Å². The number of pyridine rings is 1. The lowest BCUT2D eigenvalue weighted by atomic mass is 9.99. The highest BCUT2D eigenvalue weighted by Gasteiger charge is 2.19. The average molecular weight is 311 g/mol. The number of nitrogens with zero attached hydrogens (tertiary/aromatic N) is 1. The molecule has 112 valence electrons. The van der Waals surface area contributed by atoms with Gasteiger partial charge in [0.2, 0.25) is 0 Å². The molecule has 0 spiro atoms. The van der Waals surface area contributed by atoms with Crippen molar-refractivity contribution in [2.45, 2.75) is 27.2 Å². The lowest BCUT2D eigenvalue weighted by Crippen LogP contribution is -2.04. The minimum Gasteiger partial charge on any atom is -0.478 e. The molecule has 3 nitrogen and oxygen atoms in total. The molecule has 2 heterocycles. The average Bonchev–Trinajstić information content (AvgIpc) is 2.94. The lowest BCUT2D eigenvalue weighted by Gasteiger charge is -2.11. The number of carboxylic acids is 1. The van der Waals surface area contributed by atoms with E-state index in [1.54, 1.807) is 11.3 Å².